The van der Waals surface area contributed by atoms with E-state index in [1.54, 1.807) is 12.2 Å². The van der Waals surface area contributed by atoms with E-state index in [2.05, 4.69) is 10.3 Å². The summed E-state index contributed by atoms with van der Waals surface area (Å²) in [5.74, 6) is -1.16. The largest absolute Gasteiger partial charge is 0.355 e. The second-order valence-corrected chi connectivity index (χ2v) is 4.38. The van der Waals surface area contributed by atoms with E-state index in [0.717, 1.165) is 11.1 Å². The first kappa shape index (κ1) is 15.3. The predicted molar refractivity (Wildman–Crippen MR) is 85.2 cm³/mol. The molecule has 0 aliphatic heterocycles. The average Bonchev–Trinajstić information content (AvgIpc) is 2.58. The van der Waals surface area contributed by atoms with E-state index >= 15 is 0 Å². The fourth-order valence-corrected chi connectivity index (χ4v) is 1.63. The molecule has 2 aromatic rings. The van der Waals surface area contributed by atoms with Crippen molar-refractivity contribution in [1.29, 1.82) is 0 Å². The van der Waals surface area contributed by atoms with Crippen LogP contribution in [0.3, 0.4) is 0 Å². The van der Waals surface area contributed by atoms with Gasteiger partial charge in [-0.1, -0.05) is 60.7 Å². The monoisotopic (exact) mass is 293 g/mol. The number of benzene rings is 2. The molecule has 0 aromatic heterocycles. The van der Waals surface area contributed by atoms with Crippen molar-refractivity contribution in [2.75, 3.05) is 0 Å². The van der Waals surface area contributed by atoms with E-state index in [0.29, 0.717) is 0 Å². The third-order valence-corrected chi connectivity index (χ3v) is 2.69. The van der Waals surface area contributed by atoms with E-state index in [1.165, 1.54) is 12.2 Å². The van der Waals surface area contributed by atoms with Crippen LogP contribution in [0.1, 0.15) is 11.1 Å². The molecule has 0 aliphatic rings. The van der Waals surface area contributed by atoms with Gasteiger partial charge in [0.1, 0.15) is 0 Å². The van der Waals surface area contributed by atoms with Crippen LogP contribution >= 0.6 is 0 Å². The lowest BCUT2D eigenvalue weighted by Crippen LogP contribution is -2.24. The van der Waals surface area contributed by atoms with Crippen LogP contribution < -0.4 is 5.48 Å². The highest BCUT2D eigenvalue weighted by molar-refractivity contribution is 5.93. The van der Waals surface area contributed by atoms with Gasteiger partial charge in [-0.25, -0.2) is 4.79 Å². The molecule has 0 saturated heterocycles. The number of carbonyl (C=O) groups is 2. The molecule has 1 N–H and O–H groups in total. The van der Waals surface area contributed by atoms with E-state index in [-0.39, 0.29) is 0 Å². The Morgan fingerprint density at radius 1 is 0.773 bits per heavy atom. The summed E-state index contributed by atoms with van der Waals surface area (Å²) in [6.07, 6.45) is 5.78. The summed E-state index contributed by atoms with van der Waals surface area (Å²) < 4.78 is 0. The molecule has 0 atom stereocenters. The van der Waals surface area contributed by atoms with Crippen molar-refractivity contribution in [1.82, 2.24) is 5.48 Å². The lowest BCUT2D eigenvalue weighted by atomic mass is 10.2. The van der Waals surface area contributed by atoms with Crippen molar-refractivity contribution in [2.24, 2.45) is 0 Å². The topological polar surface area (TPSA) is 55.4 Å². The molecule has 4 heteroatoms. The van der Waals surface area contributed by atoms with Crippen molar-refractivity contribution < 1.29 is 14.4 Å². The molecule has 2 aromatic carbocycles. The van der Waals surface area contributed by atoms with Crippen LogP contribution in [0.15, 0.2) is 72.8 Å². The summed E-state index contributed by atoms with van der Waals surface area (Å²) in [4.78, 5) is 27.6. The highest BCUT2D eigenvalue weighted by Gasteiger charge is 2.00. The summed E-state index contributed by atoms with van der Waals surface area (Å²) >= 11 is 0. The highest BCUT2D eigenvalue weighted by Crippen LogP contribution is 2.01. The molecule has 22 heavy (non-hydrogen) atoms. The van der Waals surface area contributed by atoms with Crippen LogP contribution in [-0.4, -0.2) is 11.9 Å². The molecule has 0 unspecified atom stereocenters. The van der Waals surface area contributed by atoms with Crippen molar-refractivity contribution in [3.63, 3.8) is 0 Å². The lowest BCUT2D eigenvalue weighted by molar-refractivity contribution is -0.151. The van der Waals surface area contributed by atoms with Gasteiger partial charge in [0.15, 0.2) is 0 Å². The van der Waals surface area contributed by atoms with Crippen molar-refractivity contribution >= 4 is 24.0 Å². The normalized spacial score (nSPS) is 10.7. The lowest BCUT2D eigenvalue weighted by Gasteiger charge is -2.00. The fourth-order valence-electron chi connectivity index (χ4n) is 1.63. The van der Waals surface area contributed by atoms with Crippen LogP contribution in [0.25, 0.3) is 12.2 Å². The first-order valence-electron chi connectivity index (χ1n) is 6.71. The molecule has 0 bridgehead atoms. The maximum atomic E-state index is 11.5. The maximum Gasteiger partial charge on any atom is 0.355 e. The number of carbonyl (C=O) groups excluding carboxylic acids is 2. The maximum absolute atomic E-state index is 11.5. The van der Waals surface area contributed by atoms with E-state index in [9.17, 15) is 9.59 Å². The Morgan fingerprint density at radius 3 is 1.82 bits per heavy atom. The SMILES string of the molecule is O=C(/C=C\c1ccccc1)NOC(=O)/C=C\c1ccccc1. The average molecular weight is 293 g/mol. The van der Waals surface area contributed by atoms with E-state index < -0.39 is 11.9 Å². The Bertz CT molecular complexity index is 614. The smallest absolute Gasteiger partial charge is 0.336 e. The van der Waals surface area contributed by atoms with Gasteiger partial charge in [0.05, 0.1) is 0 Å². The molecule has 0 saturated carbocycles. The van der Waals surface area contributed by atoms with Gasteiger partial charge in [0, 0.05) is 12.2 Å². The molecular formula is C18H15NO3. The molecule has 0 radical (unpaired) electrons. The summed E-state index contributed by atoms with van der Waals surface area (Å²) in [6, 6.07) is 18.7. The van der Waals surface area contributed by atoms with Gasteiger partial charge in [-0.2, -0.15) is 5.48 Å². The standard InChI is InChI=1S/C18H15NO3/c20-17(13-11-15-7-3-1-4-8-15)19-22-18(21)14-12-16-9-5-2-6-10-16/h1-14H,(H,19,20)/b13-11-,14-12-. The molecule has 4 nitrogen and oxygen atoms in total. The zero-order valence-corrected chi connectivity index (χ0v) is 11.8. The van der Waals surface area contributed by atoms with E-state index in [4.69, 9.17) is 0 Å². The van der Waals surface area contributed by atoms with Crippen LogP contribution in [0.2, 0.25) is 0 Å². The van der Waals surface area contributed by atoms with Crippen molar-refractivity contribution in [2.45, 2.75) is 0 Å². The van der Waals surface area contributed by atoms with Crippen molar-refractivity contribution in [3.05, 3.63) is 83.9 Å². The first-order valence-corrected chi connectivity index (χ1v) is 6.71. The van der Waals surface area contributed by atoms with Crippen molar-refractivity contribution in [3.8, 4) is 0 Å². The highest BCUT2D eigenvalue weighted by atomic mass is 16.7. The Labute approximate surface area is 128 Å². The minimum absolute atomic E-state index is 0.509. The number of amides is 1. The summed E-state index contributed by atoms with van der Waals surface area (Å²) in [5, 5.41) is 0. The van der Waals surface area contributed by atoms with Crippen LogP contribution in [0, 0.1) is 0 Å². The second-order valence-electron chi connectivity index (χ2n) is 4.38. The predicted octanol–water partition coefficient (Wildman–Crippen LogP) is 2.99. The van der Waals surface area contributed by atoms with Gasteiger partial charge in [-0.05, 0) is 23.3 Å². The Hall–Kier alpha value is -3.14. The summed E-state index contributed by atoms with van der Waals surface area (Å²) in [7, 11) is 0. The fraction of sp³-hybridized carbons (Fsp3) is 0. The van der Waals surface area contributed by atoms with Crippen LogP contribution in [-0.2, 0) is 14.4 Å². The molecular weight excluding hydrogens is 278 g/mol. The molecule has 2 rings (SSSR count). The summed E-state index contributed by atoms with van der Waals surface area (Å²) in [5.41, 5.74) is 3.81. The van der Waals surface area contributed by atoms with E-state index in [1.807, 2.05) is 60.7 Å². The number of hydrogen-bond acceptors (Lipinski definition) is 3. The third-order valence-electron chi connectivity index (χ3n) is 2.69. The van der Waals surface area contributed by atoms with Crippen LogP contribution in [0.5, 0.6) is 0 Å². The number of rotatable bonds is 4. The summed E-state index contributed by atoms with van der Waals surface area (Å²) in [6.45, 7) is 0. The minimum Gasteiger partial charge on any atom is -0.336 e. The molecule has 0 fully saturated rings. The second kappa shape index (κ2) is 8.21. The number of nitrogens with one attached hydrogen (secondary N) is 1. The van der Waals surface area contributed by atoms with Gasteiger partial charge in [-0.15, -0.1) is 0 Å². The van der Waals surface area contributed by atoms with Gasteiger partial charge in [-0.3, -0.25) is 4.79 Å². The molecule has 0 aliphatic carbocycles. The Morgan fingerprint density at radius 2 is 1.27 bits per heavy atom. The quantitative estimate of drug-likeness (QED) is 0.696. The molecule has 110 valence electrons. The zero-order valence-electron chi connectivity index (χ0n) is 11.8. The molecule has 1 amide bonds. The van der Waals surface area contributed by atoms with Crippen LogP contribution in [0.4, 0.5) is 0 Å². The third kappa shape index (κ3) is 5.46. The molecule has 0 spiro atoms. The first-order chi connectivity index (χ1) is 10.7. The molecule has 0 heterocycles. The Kier molecular flexibility index (Phi) is 5.70. The van der Waals surface area contributed by atoms with Gasteiger partial charge < -0.3 is 4.84 Å². The number of hydrogen-bond donors (Lipinski definition) is 1. The minimum atomic E-state index is -0.648. The Balaban J connectivity index is 1.77. The van der Waals surface area contributed by atoms with Gasteiger partial charge in [0.25, 0.3) is 5.91 Å². The van der Waals surface area contributed by atoms with Gasteiger partial charge in [0.2, 0.25) is 0 Å². The number of hydroxylamine groups is 1. The van der Waals surface area contributed by atoms with Gasteiger partial charge >= 0.3 is 5.97 Å². The zero-order chi connectivity index (χ0) is 15.6.